The molecule has 0 saturated heterocycles. The lowest BCUT2D eigenvalue weighted by atomic mass is 10.2. The van der Waals surface area contributed by atoms with Crippen molar-refractivity contribution in [2.24, 2.45) is 0 Å². The fourth-order valence-corrected chi connectivity index (χ4v) is 1.55. The molecule has 2 aromatic heterocycles. The Hall–Kier alpha value is -2.22. The van der Waals surface area contributed by atoms with E-state index in [4.69, 9.17) is 17.2 Å². The second kappa shape index (κ2) is 4.57. The minimum absolute atomic E-state index is 0.0646. The molecule has 8 heteroatoms. The van der Waals surface area contributed by atoms with Crippen LogP contribution >= 0.6 is 0 Å². The zero-order valence-corrected chi connectivity index (χ0v) is 10.4. The number of nitrogens with two attached hydrogens (primary N) is 3. The van der Waals surface area contributed by atoms with Crippen molar-refractivity contribution < 1.29 is 0 Å². The van der Waals surface area contributed by atoms with E-state index in [0.717, 1.165) is 6.54 Å². The first kappa shape index (κ1) is 12.2. The maximum absolute atomic E-state index is 5.84. The van der Waals surface area contributed by atoms with Gasteiger partial charge in [-0.2, -0.15) is 9.97 Å². The van der Waals surface area contributed by atoms with Crippen molar-refractivity contribution in [2.75, 3.05) is 37.8 Å². The third-order valence-corrected chi connectivity index (χ3v) is 2.47. The van der Waals surface area contributed by atoms with Gasteiger partial charge in [0.2, 0.25) is 5.95 Å². The lowest BCUT2D eigenvalue weighted by Gasteiger charge is -2.10. The fraction of sp³-hybridized carbons (Fsp3) is 0.400. The number of likely N-dealkylation sites (N-methyl/N-ethyl adjacent to an activating group) is 1. The van der Waals surface area contributed by atoms with Crippen molar-refractivity contribution in [2.45, 2.75) is 6.42 Å². The maximum Gasteiger partial charge on any atom is 0.224 e. The molecule has 2 aromatic rings. The molecule has 6 N–H and O–H groups in total. The van der Waals surface area contributed by atoms with Gasteiger partial charge in [-0.05, 0) is 14.1 Å². The standard InChI is InChI=1S/C10H16N8/c1-18(2)4-3-5-7(11)15-9-6(14-5)8(12)16-10(13)17-9/h3-4H2,1-2H3,(H6,11,12,13,15,16,17). The van der Waals surface area contributed by atoms with E-state index in [1.165, 1.54) is 0 Å². The largest absolute Gasteiger partial charge is 0.382 e. The Labute approximate surface area is 104 Å². The van der Waals surface area contributed by atoms with Gasteiger partial charge < -0.3 is 22.1 Å². The Morgan fingerprint density at radius 3 is 2.33 bits per heavy atom. The highest BCUT2D eigenvalue weighted by Gasteiger charge is 2.11. The molecule has 0 atom stereocenters. The average Bonchev–Trinajstić information content (AvgIpc) is 2.26. The molecule has 96 valence electrons. The minimum atomic E-state index is 0.0646. The zero-order valence-electron chi connectivity index (χ0n) is 10.4. The van der Waals surface area contributed by atoms with Gasteiger partial charge in [-0.15, -0.1) is 0 Å². The molecule has 0 aromatic carbocycles. The van der Waals surface area contributed by atoms with Gasteiger partial charge in [0.1, 0.15) is 5.82 Å². The minimum Gasteiger partial charge on any atom is -0.382 e. The van der Waals surface area contributed by atoms with Crippen molar-refractivity contribution in [1.29, 1.82) is 0 Å². The van der Waals surface area contributed by atoms with Crippen LogP contribution in [0, 0.1) is 0 Å². The summed E-state index contributed by atoms with van der Waals surface area (Å²) < 4.78 is 0. The number of nitrogen functional groups attached to an aromatic ring is 3. The number of nitrogens with zero attached hydrogens (tertiary/aromatic N) is 5. The van der Waals surface area contributed by atoms with Crippen LogP contribution in [0.5, 0.6) is 0 Å². The number of fused-ring (bicyclic) bond motifs is 1. The van der Waals surface area contributed by atoms with Crippen LogP contribution in [-0.2, 0) is 6.42 Å². The second-order valence-corrected chi connectivity index (χ2v) is 4.25. The third kappa shape index (κ3) is 2.38. The normalized spacial score (nSPS) is 11.3. The van der Waals surface area contributed by atoms with Crippen molar-refractivity contribution >= 4 is 28.7 Å². The van der Waals surface area contributed by atoms with E-state index in [1.807, 2.05) is 19.0 Å². The number of aromatic nitrogens is 4. The smallest absolute Gasteiger partial charge is 0.224 e. The summed E-state index contributed by atoms with van der Waals surface area (Å²) in [6.45, 7) is 0.820. The predicted molar refractivity (Wildman–Crippen MR) is 70.6 cm³/mol. The molecule has 8 nitrogen and oxygen atoms in total. The van der Waals surface area contributed by atoms with E-state index in [2.05, 4.69) is 19.9 Å². The van der Waals surface area contributed by atoms with Crippen molar-refractivity contribution in [3.05, 3.63) is 5.69 Å². The lowest BCUT2D eigenvalue weighted by molar-refractivity contribution is 0.412. The van der Waals surface area contributed by atoms with E-state index < -0.39 is 0 Å². The van der Waals surface area contributed by atoms with Crippen molar-refractivity contribution in [1.82, 2.24) is 24.8 Å². The Morgan fingerprint density at radius 2 is 1.67 bits per heavy atom. The van der Waals surface area contributed by atoms with Crippen LogP contribution < -0.4 is 17.2 Å². The SMILES string of the molecule is CN(C)CCc1nc2c(N)nc(N)nc2nc1N. The highest BCUT2D eigenvalue weighted by molar-refractivity contribution is 5.83. The summed E-state index contributed by atoms with van der Waals surface area (Å²) >= 11 is 0. The van der Waals surface area contributed by atoms with Gasteiger partial charge in [0.15, 0.2) is 17.0 Å². The number of rotatable bonds is 3. The van der Waals surface area contributed by atoms with E-state index in [9.17, 15) is 0 Å². The van der Waals surface area contributed by atoms with E-state index in [1.54, 1.807) is 0 Å². The molecule has 0 radical (unpaired) electrons. The van der Waals surface area contributed by atoms with Crippen molar-refractivity contribution in [3.63, 3.8) is 0 Å². The summed E-state index contributed by atoms with van der Waals surface area (Å²) in [7, 11) is 3.95. The van der Waals surface area contributed by atoms with Crippen LogP contribution in [0.4, 0.5) is 17.6 Å². The Bertz CT molecular complexity index is 580. The molecule has 0 aliphatic rings. The molecule has 0 amide bonds. The molecule has 0 saturated carbocycles. The number of hydrogen-bond donors (Lipinski definition) is 3. The maximum atomic E-state index is 5.84. The Balaban J connectivity index is 2.47. The molecule has 0 aliphatic heterocycles. The first-order valence-electron chi connectivity index (χ1n) is 5.47. The second-order valence-electron chi connectivity index (χ2n) is 4.25. The monoisotopic (exact) mass is 248 g/mol. The Morgan fingerprint density at radius 1 is 0.944 bits per heavy atom. The van der Waals surface area contributed by atoms with Crippen LogP contribution in [0.1, 0.15) is 5.69 Å². The first-order chi connectivity index (χ1) is 8.47. The van der Waals surface area contributed by atoms with Crippen LogP contribution in [-0.4, -0.2) is 45.5 Å². The predicted octanol–water partition coefficient (Wildman–Crippen LogP) is -0.729. The quantitative estimate of drug-likeness (QED) is 0.647. The summed E-state index contributed by atoms with van der Waals surface area (Å²) in [5.74, 6) is 0.632. The van der Waals surface area contributed by atoms with Crippen LogP contribution in [0.3, 0.4) is 0 Å². The average molecular weight is 248 g/mol. The molecule has 0 fully saturated rings. The highest BCUT2D eigenvalue weighted by Crippen LogP contribution is 2.18. The van der Waals surface area contributed by atoms with Gasteiger partial charge in [-0.1, -0.05) is 0 Å². The molecule has 0 unspecified atom stereocenters. The van der Waals surface area contributed by atoms with Crippen LogP contribution in [0.2, 0.25) is 0 Å². The molecular weight excluding hydrogens is 232 g/mol. The van der Waals surface area contributed by atoms with Crippen molar-refractivity contribution in [3.8, 4) is 0 Å². The summed E-state index contributed by atoms with van der Waals surface area (Å²) in [6, 6.07) is 0. The molecule has 0 aliphatic carbocycles. The number of hydrogen-bond acceptors (Lipinski definition) is 8. The molecule has 2 rings (SSSR count). The Kier molecular flexibility index (Phi) is 3.11. The van der Waals surface area contributed by atoms with E-state index in [0.29, 0.717) is 29.1 Å². The molecule has 2 heterocycles. The van der Waals surface area contributed by atoms with Gasteiger partial charge in [-0.25, -0.2) is 9.97 Å². The highest BCUT2D eigenvalue weighted by atomic mass is 15.1. The van der Waals surface area contributed by atoms with Gasteiger partial charge in [0, 0.05) is 13.0 Å². The summed E-state index contributed by atoms with van der Waals surface area (Å²) in [6.07, 6.45) is 0.686. The lowest BCUT2D eigenvalue weighted by Crippen LogP contribution is -2.17. The third-order valence-electron chi connectivity index (χ3n) is 2.47. The molecule has 0 spiro atoms. The van der Waals surface area contributed by atoms with E-state index >= 15 is 0 Å². The summed E-state index contributed by atoms with van der Waals surface area (Å²) in [4.78, 5) is 18.4. The first-order valence-corrected chi connectivity index (χ1v) is 5.47. The van der Waals surface area contributed by atoms with Gasteiger partial charge in [0.05, 0.1) is 5.69 Å². The van der Waals surface area contributed by atoms with Crippen LogP contribution in [0.25, 0.3) is 11.2 Å². The summed E-state index contributed by atoms with van der Waals surface area (Å²) in [5, 5.41) is 0. The van der Waals surface area contributed by atoms with E-state index in [-0.39, 0.29) is 11.8 Å². The van der Waals surface area contributed by atoms with Gasteiger partial charge in [-0.3, -0.25) is 0 Å². The molecule has 18 heavy (non-hydrogen) atoms. The van der Waals surface area contributed by atoms with Crippen LogP contribution in [0.15, 0.2) is 0 Å². The topological polar surface area (TPSA) is 133 Å². The zero-order chi connectivity index (χ0) is 13.3. The molecule has 0 bridgehead atoms. The number of anilines is 3. The van der Waals surface area contributed by atoms with Gasteiger partial charge in [0.25, 0.3) is 0 Å². The van der Waals surface area contributed by atoms with Gasteiger partial charge >= 0.3 is 0 Å². The molecular formula is C10H16N8. The summed E-state index contributed by atoms with van der Waals surface area (Å²) in [5.41, 5.74) is 18.5. The fourth-order valence-electron chi connectivity index (χ4n) is 1.55.